The molecule has 0 spiro atoms. The quantitative estimate of drug-likeness (QED) is 0.179. The maximum absolute atomic E-state index is 7.45. The summed E-state index contributed by atoms with van der Waals surface area (Å²) in [5.74, 6) is 1.44. The van der Waals surface area contributed by atoms with Crippen LogP contribution < -0.4 is 5.06 Å². The minimum absolute atomic E-state index is 0.714. The summed E-state index contributed by atoms with van der Waals surface area (Å²) in [6.45, 7) is 0. The number of benzene rings is 5. The summed E-state index contributed by atoms with van der Waals surface area (Å²) in [6, 6.07) is 46.4. The van der Waals surface area contributed by atoms with Crippen molar-refractivity contribution in [3.63, 3.8) is 0 Å². The molecule has 238 valence electrons. The van der Waals surface area contributed by atoms with Crippen LogP contribution in [0.3, 0.4) is 0 Å². The average Bonchev–Trinajstić information content (AvgIpc) is 4.00. The monoisotopic (exact) mass is 700 g/mol. The van der Waals surface area contributed by atoms with Gasteiger partial charge in [0.2, 0.25) is 5.54 Å². The molecule has 0 amide bonds. The molecule has 5 nitrogen and oxygen atoms in total. The summed E-state index contributed by atoms with van der Waals surface area (Å²) in [6.07, 6.45) is 1.74. The molecule has 11 rings (SSSR count). The first-order valence-electron chi connectivity index (χ1n) is 16.3. The van der Waals surface area contributed by atoms with Crippen molar-refractivity contribution in [1.29, 1.82) is 0 Å². The van der Waals surface area contributed by atoms with Gasteiger partial charge in [0.15, 0.2) is 5.76 Å². The van der Waals surface area contributed by atoms with E-state index in [0.717, 1.165) is 60.5 Å². The summed E-state index contributed by atoms with van der Waals surface area (Å²) in [5, 5.41) is 10.6. The highest BCUT2D eigenvalue weighted by molar-refractivity contribution is 7.26. The number of fused-ring (bicyclic) bond motifs is 7. The first-order valence-corrected chi connectivity index (χ1v) is 18.7. The number of hydrogen-bond acceptors (Lipinski definition) is 8. The van der Waals surface area contributed by atoms with E-state index in [0.29, 0.717) is 5.76 Å². The van der Waals surface area contributed by atoms with Crippen molar-refractivity contribution in [1.82, 2.24) is 4.37 Å². The molecule has 0 bridgehead atoms. The van der Waals surface area contributed by atoms with Crippen LogP contribution in [0.25, 0.3) is 63.5 Å². The zero-order chi connectivity index (χ0) is 32.8. The number of hydroxylamine groups is 1. The molecule has 1 atom stereocenters. The molecule has 0 saturated heterocycles. The first-order chi connectivity index (χ1) is 24.8. The molecular formula is C42H24N2O3S3. The summed E-state index contributed by atoms with van der Waals surface area (Å²) >= 11 is 4.93. The normalized spacial score (nSPS) is 16.5. The van der Waals surface area contributed by atoms with Crippen LogP contribution in [0.2, 0.25) is 0 Å². The van der Waals surface area contributed by atoms with Crippen molar-refractivity contribution in [3.05, 3.63) is 168 Å². The number of furan rings is 2. The molecule has 0 radical (unpaired) electrons. The van der Waals surface area contributed by atoms with Crippen LogP contribution in [-0.2, 0) is 10.4 Å². The van der Waals surface area contributed by atoms with Crippen molar-refractivity contribution in [2.75, 3.05) is 5.06 Å². The maximum atomic E-state index is 7.45. The largest absolute Gasteiger partial charge is 0.466 e. The highest BCUT2D eigenvalue weighted by Crippen LogP contribution is 2.60. The Hall–Kier alpha value is -5.67. The minimum atomic E-state index is -1.10. The van der Waals surface area contributed by atoms with Gasteiger partial charge in [-0.05, 0) is 77.1 Å². The van der Waals surface area contributed by atoms with E-state index in [4.69, 9.17) is 18.0 Å². The molecule has 1 aliphatic rings. The third-order valence-electron chi connectivity index (χ3n) is 9.69. The van der Waals surface area contributed by atoms with Gasteiger partial charge in [0.1, 0.15) is 21.9 Å². The lowest BCUT2D eigenvalue weighted by atomic mass is 9.77. The lowest BCUT2D eigenvalue weighted by Gasteiger charge is -2.36. The van der Waals surface area contributed by atoms with E-state index in [2.05, 4.69) is 97.1 Å². The third kappa shape index (κ3) is 3.83. The van der Waals surface area contributed by atoms with Crippen LogP contribution in [0.4, 0.5) is 5.00 Å². The molecular weight excluding hydrogens is 677 g/mol. The van der Waals surface area contributed by atoms with Gasteiger partial charge in [-0.25, -0.2) is 0 Å². The molecule has 8 heteroatoms. The van der Waals surface area contributed by atoms with E-state index >= 15 is 0 Å². The van der Waals surface area contributed by atoms with Crippen molar-refractivity contribution in [3.8, 4) is 0 Å². The Morgan fingerprint density at radius 3 is 2.26 bits per heavy atom. The van der Waals surface area contributed by atoms with Crippen molar-refractivity contribution in [2.45, 2.75) is 5.54 Å². The van der Waals surface area contributed by atoms with Crippen molar-refractivity contribution in [2.24, 2.45) is 0 Å². The van der Waals surface area contributed by atoms with Gasteiger partial charge in [0, 0.05) is 52.2 Å². The van der Waals surface area contributed by atoms with Crippen molar-refractivity contribution < 1.29 is 13.7 Å². The smallest absolute Gasteiger partial charge is 0.208 e. The molecule has 1 aliphatic heterocycles. The second kappa shape index (κ2) is 10.7. The van der Waals surface area contributed by atoms with Gasteiger partial charge in [-0.15, -0.1) is 22.7 Å². The maximum Gasteiger partial charge on any atom is 0.208 e. The molecule has 6 heterocycles. The minimum Gasteiger partial charge on any atom is -0.466 e. The number of para-hydroxylation sites is 1. The van der Waals surface area contributed by atoms with E-state index in [-0.39, 0.29) is 0 Å². The van der Waals surface area contributed by atoms with E-state index in [1.165, 1.54) is 36.4 Å². The van der Waals surface area contributed by atoms with Gasteiger partial charge in [-0.1, -0.05) is 78.9 Å². The highest BCUT2D eigenvalue weighted by atomic mass is 32.1. The molecule has 0 N–H and O–H groups in total. The summed E-state index contributed by atoms with van der Waals surface area (Å²) in [4.78, 5) is 7.45. The number of nitrogens with zero attached hydrogens (tertiary/aromatic N) is 2. The Kier molecular flexibility index (Phi) is 6.01. The molecule has 0 fully saturated rings. The molecule has 50 heavy (non-hydrogen) atoms. The van der Waals surface area contributed by atoms with E-state index in [1.54, 1.807) is 28.9 Å². The van der Waals surface area contributed by atoms with Crippen LogP contribution in [0, 0.1) is 0 Å². The van der Waals surface area contributed by atoms with Gasteiger partial charge in [0.05, 0.1) is 12.0 Å². The Balaban J connectivity index is 1.35. The fourth-order valence-corrected chi connectivity index (χ4v) is 10.4. The molecule has 0 aliphatic carbocycles. The van der Waals surface area contributed by atoms with Crippen LogP contribution in [0.5, 0.6) is 0 Å². The SMILES string of the molecule is c1coc(C2(c3ccsn3)C(c3cccc4sc5ccccc5c34)=C(c3cccc4oc5ccccc5c34)ON2c2cc3ccccc3s2)c1. The van der Waals surface area contributed by atoms with Gasteiger partial charge < -0.3 is 13.7 Å². The lowest BCUT2D eigenvalue weighted by molar-refractivity contribution is 0.207. The molecule has 10 aromatic rings. The average molecular weight is 701 g/mol. The zero-order valence-corrected chi connectivity index (χ0v) is 28.6. The number of rotatable bonds is 5. The Morgan fingerprint density at radius 2 is 1.40 bits per heavy atom. The van der Waals surface area contributed by atoms with Gasteiger partial charge in [-0.3, -0.25) is 0 Å². The number of anilines is 1. The molecule has 5 aromatic heterocycles. The van der Waals surface area contributed by atoms with E-state index < -0.39 is 5.54 Å². The Labute approximate surface area is 297 Å². The first kappa shape index (κ1) is 28.2. The summed E-state index contributed by atoms with van der Waals surface area (Å²) in [5.41, 5.74) is 4.32. The third-order valence-corrected chi connectivity index (χ3v) is 12.5. The van der Waals surface area contributed by atoms with Gasteiger partial charge in [-0.2, -0.15) is 9.44 Å². The van der Waals surface area contributed by atoms with Crippen molar-refractivity contribution >= 4 is 103 Å². The topological polar surface area (TPSA) is 51.6 Å². The fraction of sp³-hybridized carbons (Fsp3) is 0.0238. The van der Waals surface area contributed by atoms with E-state index in [1.807, 2.05) is 46.8 Å². The van der Waals surface area contributed by atoms with Gasteiger partial charge in [0.25, 0.3) is 0 Å². The highest BCUT2D eigenvalue weighted by Gasteiger charge is 2.58. The van der Waals surface area contributed by atoms with E-state index in [9.17, 15) is 0 Å². The second-order valence-corrected chi connectivity index (χ2v) is 15.2. The summed E-state index contributed by atoms with van der Waals surface area (Å²) in [7, 11) is 0. The number of thiophene rings is 2. The standard InChI is InChI=1S/C42H24N2O3S3/c1-5-17-32-25(10-1)24-37(50-32)44-42(35-21-23-48-43-35,36-20-9-22-45-36)40(28-13-8-19-34-39(28)27-12-3-6-18-33(27)49-34)41(47-44)29-14-7-16-31-38(29)26-11-2-4-15-30(26)46-31/h1-24H. The van der Waals surface area contributed by atoms with Crippen LogP contribution in [0.15, 0.2) is 154 Å². The fourth-order valence-electron chi connectivity index (χ4n) is 7.66. The van der Waals surface area contributed by atoms with Crippen LogP contribution >= 0.6 is 34.2 Å². The second-order valence-electron chi connectivity index (χ2n) is 12.3. The van der Waals surface area contributed by atoms with Gasteiger partial charge >= 0.3 is 0 Å². The zero-order valence-electron chi connectivity index (χ0n) is 26.2. The van der Waals surface area contributed by atoms with Crippen LogP contribution in [0.1, 0.15) is 22.6 Å². The lowest BCUT2D eigenvalue weighted by Crippen LogP contribution is -2.43. The molecule has 1 unspecified atom stereocenters. The molecule has 5 aromatic carbocycles. The predicted octanol–water partition coefficient (Wildman–Crippen LogP) is 12.5. The predicted molar refractivity (Wildman–Crippen MR) is 207 cm³/mol. The van der Waals surface area contributed by atoms with Crippen LogP contribution in [-0.4, -0.2) is 4.37 Å². The number of hydrogen-bond donors (Lipinski definition) is 0. The molecule has 0 saturated carbocycles. The number of aromatic nitrogens is 1. The Morgan fingerprint density at radius 1 is 0.620 bits per heavy atom. The Bertz CT molecular complexity index is 2860. The summed E-state index contributed by atoms with van der Waals surface area (Å²) < 4.78 is 21.7.